The second kappa shape index (κ2) is 8.13. The van der Waals surface area contributed by atoms with Crippen LogP contribution in [0.4, 0.5) is 0 Å². The molecule has 7 heteroatoms. The van der Waals surface area contributed by atoms with Crippen LogP contribution in [-0.4, -0.2) is 66.6 Å². The Hall–Kier alpha value is -2.38. The van der Waals surface area contributed by atoms with Gasteiger partial charge in [0.2, 0.25) is 0 Å². The van der Waals surface area contributed by atoms with Crippen LogP contribution in [0, 0.1) is 0 Å². The third-order valence-corrected chi connectivity index (χ3v) is 4.36. The maximum atomic E-state index is 12.5. The summed E-state index contributed by atoms with van der Waals surface area (Å²) in [5, 5.41) is 7.35. The van der Waals surface area contributed by atoms with Crippen LogP contribution in [0.1, 0.15) is 17.4 Å². The molecular weight excluding hydrogens is 320 g/mol. The number of carbonyl (C=O) groups is 1. The lowest BCUT2D eigenvalue weighted by molar-refractivity contribution is 0.0204. The first-order chi connectivity index (χ1) is 12.2. The maximum absolute atomic E-state index is 12.5. The van der Waals surface area contributed by atoms with E-state index in [9.17, 15) is 4.79 Å². The Labute approximate surface area is 147 Å². The molecule has 134 valence electrons. The number of amides is 1. The Morgan fingerprint density at radius 1 is 1.32 bits per heavy atom. The number of ether oxygens (including phenoxy) is 2. The number of carbonyl (C=O) groups excluding carboxylic acids is 1. The van der Waals surface area contributed by atoms with Gasteiger partial charge in [-0.05, 0) is 19.1 Å². The first-order valence-electron chi connectivity index (χ1n) is 8.48. The molecule has 7 nitrogen and oxygen atoms in total. The molecule has 2 heterocycles. The van der Waals surface area contributed by atoms with Crippen molar-refractivity contribution in [2.75, 3.05) is 40.0 Å². The summed E-state index contributed by atoms with van der Waals surface area (Å²) in [4.78, 5) is 14.9. The Bertz CT molecular complexity index is 696. The van der Waals surface area contributed by atoms with Gasteiger partial charge < -0.3 is 14.8 Å². The van der Waals surface area contributed by atoms with Gasteiger partial charge in [-0.25, -0.2) is 4.68 Å². The molecule has 1 aromatic carbocycles. The van der Waals surface area contributed by atoms with Crippen LogP contribution in [0.3, 0.4) is 0 Å². The smallest absolute Gasteiger partial charge is 0.275 e. The summed E-state index contributed by atoms with van der Waals surface area (Å²) in [6.45, 7) is 5.93. The standard InChI is InChI=1S/C18H24N4O3/c1-14(21-8-10-25-11-9-21)12-19-18(23)17-16(24-2)13-22(20-17)15-6-4-3-5-7-15/h3-7,13-14H,8-12H2,1-2H3,(H,19,23)/t14-/m1/s1. The van der Waals surface area contributed by atoms with E-state index in [0.29, 0.717) is 18.0 Å². The van der Waals surface area contributed by atoms with E-state index in [1.807, 2.05) is 30.3 Å². The molecular formula is C18H24N4O3. The summed E-state index contributed by atoms with van der Waals surface area (Å²) >= 11 is 0. The van der Waals surface area contributed by atoms with Crippen molar-refractivity contribution in [2.24, 2.45) is 0 Å². The molecule has 1 N–H and O–H groups in total. The second-order valence-corrected chi connectivity index (χ2v) is 6.03. The fraction of sp³-hybridized carbons (Fsp3) is 0.444. The van der Waals surface area contributed by atoms with E-state index in [1.54, 1.807) is 18.0 Å². The Kier molecular flexibility index (Phi) is 5.67. The van der Waals surface area contributed by atoms with Crippen molar-refractivity contribution in [1.82, 2.24) is 20.0 Å². The van der Waals surface area contributed by atoms with Crippen LogP contribution < -0.4 is 10.1 Å². The topological polar surface area (TPSA) is 68.6 Å². The molecule has 1 aromatic heterocycles. The molecule has 1 atom stereocenters. The zero-order valence-corrected chi connectivity index (χ0v) is 14.6. The van der Waals surface area contributed by atoms with Gasteiger partial charge in [0, 0.05) is 25.7 Å². The number of para-hydroxylation sites is 1. The Morgan fingerprint density at radius 3 is 2.72 bits per heavy atom. The lowest BCUT2D eigenvalue weighted by Crippen LogP contribution is -2.47. The van der Waals surface area contributed by atoms with Crippen molar-refractivity contribution in [1.29, 1.82) is 0 Å². The number of hydrogen-bond acceptors (Lipinski definition) is 5. The molecule has 0 radical (unpaired) electrons. The highest BCUT2D eigenvalue weighted by atomic mass is 16.5. The number of morpholine rings is 1. The van der Waals surface area contributed by atoms with Gasteiger partial charge in [0.15, 0.2) is 11.4 Å². The first kappa shape index (κ1) is 17.4. The third-order valence-electron chi connectivity index (χ3n) is 4.36. The molecule has 1 aliphatic rings. The minimum Gasteiger partial charge on any atom is -0.493 e. The van der Waals surface area contributed by atoms with Crippen molar-refractivity contribution in [3.8, 4) is 11.4 Å². The summed E-state index contributed by atoms with van der Waals surface area (Å²) < 4.78 is 12.3. The van der Waals surface area contributed by atoms with Crippen LogP contribution >= 0.6 is 0 Å². The normalized spacial score (nSPS) is 16.4. The Balaban J connectivity index is 1.66. The number of nitrogens with zero attached hydrogens (tertiary/aromatic N) is 3. The summed E-state index contributed by atoms with van der Waals surface area (Å²) in [6, 6.07) is 9.88. The molecule has 2 aromatic rings. The monoisotopic (exact) mass is 344 g/mol. The summed E-state index contributed by atoms with van der Waals surface area (Å²) in [5.74, 6) is 0.229. The van der Waals surface area contributed by atoms with Gasteiger partial charge >= 0.3 is 0 Å². The molecule has 0 aliphatic carbocycles. The van der Waals surface area contributed by atoms with Crippen molar-refractivity contribution < 1.29 is 14.3 Å². The van der Waals surface area contributed by atoms with Crippen LogP contribution in [0.25, 0.3) is 5.69 Å². The second-order valence-electron chi connectivity index (χ2n) is 6.03. The molecule has 0 bridgehead atoms. The molecule has 1 saturated heterocycles. The van der Waals surface area contributed by atoms with Gasteiger partial charge in [-0.1, -0.05) is 18.2 Å². The summed E-state index contributed by atoms with van der Waals surface area (Å²) in [6.07, 6.45) is 1.72. The highest BCUT2D eigenvalue weighted by Crippen LogP contribution is 2.19. The fourth-order valence-corrected chi connectivity index (χ4v) is 2.85. The minimum absolute atomic E-state index is 0.230. The number of methoxy groups -OCH3 is 1. The van der Waals surface area contributed by atoms with Gasteiger partial charge in [-0.2, -0.15) is 5.10 Å². The molecule has 1 amide bonds. The molecule has 0 saturated carbocycles. The van der Waals surface area contributed by atoms with E-state index in [-0.39, 0.29) is 11.9 Å². The van der Waals surface area contributed by atoms with Crippen LogP contribution in [0.5, 0.6) is 5.75 Å². The van der Waals surface area contributed by atoms with Gasteiger partial charge in [0.25, 0.3) is 5.91 Å². The van der Waals surface area contributed by atoms with E-state index in [1.165, 1.54) is 0 Å². The van der Waals surface area contributed by atoms with E-state index < -0.39 is 0 Å². The van der Waals surface area contributed by atoms with Crippen molar-refractivity contribution in [3.05, 3.63) is 42.2 Å². The summed E-state index contributed by atoms with van der Waals surface area (Å²) in [7, 11) is 1.54. The number of nitrogens with one attached hydrogen (secondary N) is 1. The zero-order chi connectivity index (χ0) is 17.6. The highest BCUT2D eigenvalue weighted by Gasteiger charge is 2.21. The molecule has 1 fully saturated rings. The molecule has 25 heavy (non-hydrogen) atoms. The third kappa shape index (κ3) is 4.18. The van der Waals surface area contributed by atoms with E-state index in [4.69, 9.17) is 9.47 Å². The van der Waals surface area contributed by atoms with E-state index >= 15 is 0 Å². The minimum atomic E-state index is -0.230. The summed E-state index contributed by atoms with van der Waals surface area (Å²) in [5.41, 5.74) is 1.17. The fourth-order valence-electron chi connectivity index (χ4n) is 2.85. The van der Waals surface area contributed by atoms with Gasteiger partial charge in [-0.15, -0.1) is 0 Å². The molecule has 0 unspecified atom stereocenters. The number of rotatable bonds is 6. The molecule has 1 aliphatic heterocycles. The predicted octanol–water partition coefficient (Wildman–Crippen LogP) is 1.33. The average molecular weight is 344 g/mol. The van der Waals surface area contributed by atoms with Crippen molar-refractivity contribution >= 4 is 5.91 Å². The molecule has 0 spiro atoms. The van der Waals surface area contributed by atoms with E-state index in [0.717, 1.165) is 32.0 Å². The van der Waals surface area contributed by atoms with Gasteiger partial charge in [0.1, 0.15) is 0 Å². The van der Waals surface area contributed by atoms with Gasteiger partial charge in [-0.3, -0.25) is 9.69 Å². The quantitative estimate of drug-likeness (QED) is 0.856. The van der Waals surface area contributed by atoms with Crippen LogP contribution in [-0.2, 0) is 4.74 Å². The zero-order valence-electron chi connectivity index (χ0n) is 14.6. The lowest BCUT2D eigenvalue weighted by atomic mass is 10.2. The number of aromatic nitrogens is 2. The van der Waals surface area contributed by atoms with Crippen molar-refractivity contribution in [3.63, 3.8) is 0 Å². The largest absolute Gasteiger partial charge is 0.493 e. The average Bonchev–Trinajstić information content (AvgIpc) is 3.12. The molecule has 3 rings (SSSR count). The van der Waals surface area contributed by atoms with Crippen molar-refractivity contribution in [2.45, 2.75) is 13.0 Å². The highest BCUT2D eigenvalue weighted by molar-refractivity contribution is 5.95. The maximum Gasteiger partial charge on any atom is 0.275 e. The van der Waals surface area contributed by atoms with Crippen LogP contribution in [0.15, 0.2) is 36.5 Å². The van der Waals surface area contributed by atoms with Crippen LogP contribution in [0.2, 0.25) is 0 Å². The number of hydrogen-bond donors (Lipinski definition) is 1. The van der Waals surface area contributed by atoms with E-state index in [2.05, 4.69) is 22.2 Å². The number of benzene rings is 1. The SMILES string of the molecule is COc1cn(-c2ccccc2)nc1C(=O)NC[C@@H](C)N1CCOCC1. The lowest BCUT2D eigenvalue weighted by Gasteiger charge is -2.32. The Morgan fingerprint density at radius 2 is 2.04 bits per heavy atom. The first-order valence-corrected chi connectivity index (χ1v) is 8.48. The van der Waals surface area contributed by atoms with Gasteiger partial charge in [0.05, 0.1) is 32.2 Å². The predicted molar refractivity (Wildman–Crippen MR) is 94.3 cm³/mol.